The molecule has 0 unspecified atom stereocenters. The van der Waals surface area contributed by atoms with Crippen molar-refractivity contribution in [2.45, 2.75) is 78.4 Å². The van der Waals surface area contributed by atoms with E-state index < -0.39 is 12.1 Å². The highest BCUT2D eigenvalue weighted by atomic mass is 16.5. The monoisotopic (exact) mass is 755 g/mol. The number of H-pyrrole nitrogens is 2. The second-order valence-electron chi connectivity index (χ2n) is 15.9. The first kappa shape index (κ1) is 37.1. The number of fused-ring (bicyclic) bond motifs is 3. The molecule has 0 bridgehead atoms. The zero-order valence-corrected chi connectivity index (χ0v) is 32.8. The molecule has 2 aliphatic rings. The number of carbonyl (C=O) groups excluding carboxylic acids is 3. The molecule has 0 radical (unpaired) electrons. The molecule has 3 N–H and O–H groups in total. The largest absolute Gasteiger partial charge is 0.453 e. The molecule has 6 aromatic rings. The van der Waals surface area contributed by atoms with E-state index in [1.165, 1.54) is 7.11 Å². The highest BCUT2D eigenvalue weighted by Crippen LogP contribution is 2.36. The van der Waals surface area contributed by atoms with Crippen molar-refractivity contribution in [3.63, 3.8) is 0 Å². The van der Waals surface area contributed by atoms with Gasteiger partial charge in [0.15, 0.2) is 5.82 Å². The fourth-order valence-corrected chi connectivity index (χ4v) is 8.09. The van der Waals surface area contributed by atoms with E-state index in [2.05, 4.69) is 59.5 Å². The van der Waals surface area contributed by atoms with Gasteiger partial charge in [-0.25, -0.2) is 24.7 Å². The maximum atomic E-state index is 13.6. The summed E-state index contributed by atoms with van der Waals surface area (Å²) in [6, 6.07) is 17.4. The van der Waals surface area contributed by atoms with Crippen molar-refractivity contribution in [3.05, 3.63) is 72.4 Å². The summed E-state index contributed by atoms with van der Waals surface area (Å²) < 4.78 is 4.77. The molecule has 13 nitrogen and oxygen atoms in total. The van der Waals surface area contributed by atoms with Crippen molar-refractivity contribution in [3.8, 4) is 22.5 Å². The highest BCUT2D eigenvalue weighted by Gasteiger charge is 2.38. The Balaban J connectivity index is 1.00. The molecule has 5 heterocycles. The summed E-state index contributed by atoms with van der Waals surface area (Å²) in [6.45, 7) is 11.4. The number of aromatic amines is 2. The number of methoxy groups -OCH3 is 1. The lowest BCUT2D eigenvalue weighted by molar-refractivity contribution is -0.137. The van der Waals surface area contributed by atoms with Crippen LogP contribution in [0.25, 0.3) is 55.5 Å². The molecular weight excluding hydrogens is 707 g/mol. The smallest absolute Gasteiger partial charge is 0.407 e. The first-order valence-corrected chi connectivity index (χ1v) is 19.7. The van der Waals surface area contributed by atoms with Gasteiger partial charge >= 0.3 is 6.09 Å². The minimum atomic E-state index is -0.696. The first-order chi connectivity index (χ1) is 27.0. The predicted molar refractivity (Wildman–Crippen MR) is 215 cm³/mol. The summed E-state index contributed by atoms with van der Waals surface area (Å²) in [4.78, 5) is 69.2. The van der Waals surface area contributed by atoms with Crippen LogP contribution in [0.5, 0.6) is 0 Å². The van der Waals surface area contributed by atoms with E-state index in [9.17, 15) is 14.4 Å². The van der Waals surface area contributed by atoms with Crippen molar-refractivity contribution in [1.29, 1.82) is 0 Å². The highest BCUT2D eigenvalue weighted by molar-refractivity contribution is 5.89. The summed E-state index contributed by atoms with van der Waals surface area (Å²) in [5, 5.41) is 3.63. The summed E-state index contributed by atoms with van der Waals surface area (Å²) in [7, 11) is 1.29. The van der Waals surface area contributed by atoms with Crippen LogP contribution in [0, 0.1) is 17.8 Å². The van der Waals surface area contributed by atoms with Crippen LogP contribution in [0.2, 0.25) is 0 Å². The number of aromatic nitrogens is 6. The molecule has 56 heavy (non-hydrogen) atoms. The van der Waals surface area contributed by atoms with Crippen molar-refractivity contribution in [2.75, 3.05) is 20.2 Å². The lowest BCUT2D eigenvalue weighted by Crippen LogP contribution is -2.51. The number of nitrogens with one attached hydrogen (secondary N) is 3. The number of imidazole rings is 2. The second kappa shape index (κ2) is 15.0. The van der Waals surface area contributed by atoms with Crippen LogP contribution >= 0.6 is 0 Å². The van der Waals surface area contributed by atoms with Gasteiger partial charge in [0.2, 0.25) is 11.8 Å². The number of carbonyl (C=O) groups is 3. The van der Waals surface area contributed by atoms with E-state index in [-0.39, 0.29) is 35.7 Å². The van der Waals surface area contributed by atoms with Gasteiger partial charge in [-0.3, -0.25) is 9.59 Å². The van der Waals surface area contributed by atoms with Gasteiger partial charge in [0, 0.05) is 36.2 Å². The molecule has 290 valence electrons. The maximum Gasteiger partial charge on any atom is 0.407 e. The molecule has 0 saturated carbocycles. The minimum Gasteiger partial charge on any atom is -0.453 e. The van der Waals surface area contributed by atoms with Gasteiger partial charge in [0.25, 0.3) is 0 Å². The Hall–Kier alpha value is -5.85. The number of amides is 3. The SMILES string of the molecule is COC(=O)N[C@H](C(=O)N1CCC[C@H]1c1nc2cc(-c3ncc4cc(-c5ccc6[nH]c([C@@H]7CCCN7C(=O)[C@@H](C)C(C)C)nc6c5)ccc4n3)ccc2[nH]1)C(C)C. The van der Waals surface area contributed by atoms with Gasteiger partial charge in [0.05, 0.1) is 46.8 Å². The number of benzene rings is 3. The predicted octanol–water partition coefficient (Wildman–Crippen LogP) is 7.72. The van der Waals surface area contributed by atoms with E-state index in [0.29, 0.717) is 24.1 Å². The van der Waals surface area contributed by atoms with E-state index in [1.54, 1.807) is 0 Å². The second-order valence-corrected chi connectivity index (χ2v) is 15.9. The van der Waals surface area contributed by atoms with E-state index in [4.69, 9.17) is 24.7 Å². The van der Waals surface area contributed by atoms with Crippen LogP contribution in [0.3, 0.4) is 0 Å². The van der Waals surface area contributed by atoms with E-state index >= 15 is 0 Å². The van der Waals surface area contributed by atoms with Crippen molar-refractivity contribution in [1.82, 2.24) is 45.0 Å². The molecule has 4 atom stereocenters. The molecule has 8 rings (SSSR count). The number of alkyl carbamates (subject to hydrolysis) is 1. The summed E-state index contributed by atoms with van der Waals surface area (Å²) in [6.07, 6.45) is 4.73. The van der Waals surface area contributed by atoms with Gasteiger partial charge in [-0.2, -0.15) is 0 Å². The van der Waals surface area contributed by atoms with Gasteiger partial charge in [-0.05, 0) is 91.1 Å². The fourth-order valence-electron chi connectivity index (χ4n) is 8.09. The third-order valence-corrected chi connectivity index (χ3v) is 11.7. The van der Waals surface area contributed by atoms with Gasteiger partial charge in [-0.15, -0.1) is 0 Å². The van der Waals surface area contributed by atoms with Crippen LogP contribution in [0.1, 0.15) is 84.0 Å². The molecule has 3 aromatic heterocycles. The fraction of sp³-hybridized carbons (Fsp3) is 0.419. The Bertz CT molecular complexity index is 2450. The average molecular weight is 756 g/mol. The lowest BCUT2D eigenvalue weighted by atomic mass is 9.96. The van der Waals surface area contributed by atoms with Crippen LogP contribution < -0.4 is 5.32 Å². The number of hydrogen-bond donors (Lipinski definition) is 3. The number of hydrogen-bond acceptors (Lipinski definition) is 8. The minimum absolute atomic E-state index is 0.0238. The Morgan fingerprint density at radius 2 is 1.29 bits per heavy atom. The van der Waals surface area contributed by atoms with E-state index in [0.717, 1.165) is 87.7 Å². The molecule has 3 aromatic carbocycles. The van der Waals surface area contributed by atoms with Gasteiger partial charge in [-0.1, -0.05) is 46.8 Å². The third-order valence-electron chi connectivity index (χ3n) is 11.7. The van der Waals surface area contributed by atoms with Crippen molar-refractivity contribution >= 4 is 50.9 Å². The van der Waals surface area contributed by atoms with Crippen LogP contribution in [-0.4, -0.2) is 83.9 Å². The molecular formula is C43H49N9O4. The average Bonchev–Trinajstić information content (AvgIpc) is 4.03. The Kier molecular flexibility index (Phi) is 9.94. The number of likely N-dealkylation sites (tertiary alicyclic amines) is 2. The molecule has 0 spiro atoms. The molecule has 13 heteroatoms. The zero-order chi connectivity index (χ0) is 39.2. The molecule has 2 aliphatic heterocycles. The van der Waals surface area contributed by atoms with Crippen molar-refractivity contribution in [2.24, 2.45) is 17.8 Å². The number of rotatable bonds is 9. The quantitative estimate of drug-likeness (QED) is 0.135. The number of ether oxygens (including phenoxy) is 1. The maximum absolute atomic E-state index is 13.6. The molecule has 2 saturated heterocycles. The van der Waals surface area contributed by atoms with Gasteiger partial charge in [0.1, 0.15) is 17.7 Å². The van der Waals surface area contributed by atoms with E-state index in [1.807, 2.05) is 61.0 Å². The molecule has 0 aliphatic carbocycles. The van der Waals surface area contributed by atoms with Crippen molar-refractivity contribution < 1.29 is 19.1 Å². The standard InChI is InChI=1S/C43H49N9O4/c1-23(2)25(5)41(53)51-17-7-9-35(51)39-46-31-15-12-27(20-33(31)48-39)26-11-14-30-29(19-26)22-44-38(45-30)28-13-16-32-34(21-28)49-40(47-32)36-10-8-18-52(36)42(54)37(24(3)4)50-43(55)56-6/h11-16,19-25,35-37H,7-10,17-18H2,1-6H3,(H,46,48)(H,47,49)(H,50,55)/t25-,35-,36-,37-/m0/s1. The Morgan fingerprint density at radius 3 is 1.89 bits per heavy atom. The van der Waals surface area contributed by atoms with Gasteiger partial charge < -0.3 is 29.8 Å². The zero-order valence-electron chi connectivity index (χ0n) is 32.8. The molecule has 3 amide bonds. The Labute approximate surface area is 325 Å². The van der Waals surface area contributed by atoms with Crippen LogP contribution in [-0.2, 0) is 14.3 Å². The summed E-state index contributed by atoms with van der Waals surface area (Å²) in [5.41, 5.74) is 7.19. The lowest BCUT2D eigenvalue weighted by Gasteiger charge is -2.29. The van der Waals surface area contributed by atoms with Crippen LogP contribution in [0.4, 0.5) is 4.79 Å². The Morgan fingerprint density at radius 1 is 0.714 bits per heavy atom. The first-order valence-electron chi connectivity index (χ1n) is 19.7. The normalized spacial score (nSPS) is 18.4. The third kappa shape index (κ3) is 6.94. The topological polar surface area (TPSA) is 162 Å². The van der Waals surface area contributed by atoms with Crippen LogP contribution in [0.15, 0.2) is 60.8 Å². The summed E-state index contributed by atoms with van der Waals surface area (Å²) in [5.74, 6) is 2.37. The molecule has 2 fully saturated rings. The summed E-state index contributed by atoms with van der Waals surface area (Å²) >= 11 is 0. The number of nitrogens with zero attached hydrogens (tertiary/aromatic N) is 6.